The summed E-state index contributed by atoms with van der Waals surface area (Å²) in [5.74, 6) is -2.43. The van der Waals surface area contributed by atoms with Gasteiger partial charge in [-0.2, -0.15) is 0 Å². The van der Waals surface area contributed by atoms with Crippen molar-refractivity contribution in [2.45, 2.75) is 303 Å². The predicted molar refractivity (Wildman–Crippen MR) is 445 cm³/mol. The molecule has 19 heteroatoms. The SMILES string of the molecule is CC/C=C\C/C=C\C/C=C\C/C=C\C/C=C\CCCC(=O)OC(COC(=O)CCCCCCCC/C=C\C/C=C\C/C=C\CCCCC)COP(=O)(O)OCC(O)COP(=O)(O)OCC(COC(=O)CCCCCCCCC/C=C\C/C=C\C/C=C\CC)OC(=O)C/C=C\C/C=C\C/C=C\C/C=C\C/C=C\CC. The van der Waals surface area contributed by atoms with Crippen LogP contribution in [0.2, 0.25) is 0 Å². The number of hydrogen-bond acceptors (Lipinski definition) is 15. The van der Waals surface area contributed by atoms with Gasteiger partial charge in [-0.1, -0.05) is 293 Å². The second-order valence-corrected chi connectivity index (χ2v) is 29.1. The van der Waals surface area contributed by atoms with E-state index in [1.54, 1.807) is 12.2 Å². The molecule has 0 aromatic heterocycles. The molecule has 610 valence electrons. The fourth-order valence-corrected chi connectivity index (χ4v) is 11.6. The van der Waals surface area contributed by atoms with Crippen molar-refractivity contribution in [1.29, 1.82) is 0 Å². The van der Waals surface area contributed by atoms with E-state index in [-0.39, 0.29) is 25.7 Å². The second-order valence-electron chi connectivity index (χ2n) is 26.2. The number of hydrogen-bond donors (Lipinski definition) is 3. The molecule has 0 aromatic rings. The molecule has 0 amide bonds. The smallest absolute Gasteiger partial charge is 0.462 e. The molecular weight excluding hydrogens is 1400 g/mol. The zero-order valence-corrected chi connectivity index (χ0v) is 68.5. The van der Waals surface area contributed by atoms with Gasteiger partial charge in [0.2, 0.25) is 0 Å². The molecule has 0 saturated carbocycles. The molecule has 0 aromatic carbocycles. The number of rotatable bonds is 74. The van der Waals surface area contributed by atoms with Crippen LogP contribution in [0.3, 0.4) is 0 Å². The highest BCUT2D eigenvalue weighted by molar-refractivity contribution is 7.47. The van der Waals surface area contributed by atoms with Gasteiger partial charge in [0.05, 0.1) is 32.8 Å². The van der Waals surface area contributed by atoms with Gasteiger partial charge in [0, 0.05) is 19.3 Å². The van der Waals surface area contributed by atoms with Crippen LogP contribution in [0.4, 0.5) is 0 Å². The van der Waals surface area contributed by atoms with Crippen molar-refractivity contribution in [3.63, 3.8) is 0 Å². The van der Waals surface area contributed by atoms with Crippen molar-refractivity contribution < 1.29 is 80.2 Å². The second kappa shape index (κ2) is 79.0. The molecule has 0 aliphatic heterocycles. The van der Waals surface area contributed by atoms with E-state index in [9.17, 15) is 43.2 Å². The fourth-order valence-electron chi connectivity index (χ4n) is 10.00. The maximum atomic E-state index is 13.1. The lowest BCUT2D eigenvalue weighted by atomic mass is 10.1. The van der Waals surface area contributed by atoms with Gasteiger partial charge in [0.15, 0.2) is 12.2 Å². The standard InChI is InChI=1S/C89H142O17P2/c1-5-9-13-17-21-25-29-33-37-40-41-44-47-50-54-58-62-66-70-74-87(92)100-80-85(106-89(94)76-72-68-64-60-56-52-48-43-39-35-31-27-23-19-15-11-7-3)82-104-108(97,98)102-78-83(90)77-101-107(95,96)103-81-84(105-88(93)75-71-67-63-59-55-51-45-36-32-28-24-20-16-12-8-4)79-99-86(91)73-69-65-61-57-53-49-46-42-38-34-30-26-22-18-14-10-6-2/h10-12,14-16,21-28,33-39,41,44-45,48,52,55,59-60,64,67,71,83-85,90H,5-9,13,17-20,29-32,40,42-43,46-47,49-51,53-54,56-58,61-63,65-66,68-70,72-82H2,1-4H3,(H,95,96)(H,97,98)/b14-10-,15-11-,16-12-,25-21-,26-22-,27-23-,28-24-,37-33-,38-34-,39-35-,44-41-,45-36-,52-48-,59-55-,64-60-,71-67-. The third-order valence-electron chi connectivity index (χ3n) is 16.1. The van der Waals surface area contributed by atoms with Crippen molar-refractivity contribution in [3.05, 3.63) is 194 Å². The van der Waals surface area contributed by atoms with Crippen molar-refractivity contribution in [2.24, 2.45) is 0 Å². The van der Waals surface area contributed by atoms with Crippen LogP contribution in [0.1, 0.15) is 285 Å². The molecule has 0 aliphatic rings. The Labute approximate surface area is 653 Å². The number of phosphoric acid groups is 2. The van der Waals surface area contributed by atoms with E-state index in [0.29, 0.717) is 32.1 Å². The van der Waals surface area contributed by atoms with Crippen LogP contribution in [0, 0.1) is 0 Å². The maximum absolute atomic E-state index is 13.1. The van der Waals surface area contributed by atoms with Gasteiger partial charge in [-0.15, -0.1) is 0 Å². The molecule has 17 nitrogen and oxygen atoms in total. The van der Waals surface area contributed by atoms with E-state index in [1.807, 2.05) is 24.3 Å². The topological polar surface area (TPSA) is 237 Å². The van der Waals surface area contributed by atoms with E-state index in [1.165, 1.54) is 19.3 Å². The highest BCUT2D eigenvalue weighted by atomic mass is 31.2. The fraction of sp³-hybridized carbons (Fsp3) is 0.596. The molecule has 0 radical (unpaired) electrons. The Morgan fingerprint density at radius 3 is 0.852 bits per heavy atom. The Bertz CT molecular complexity index is 2810. The molecule has 0 bridgehead atoms. The summed E-state index contributed by atoms with van der Waals surface area (Å²) in [6.45, 7) is 4.28. The summed E-state index contributed by atoms with van der Waals surface area (Å²) >= 11 is 0. The minimum atomic E-state index is -5.02. The Hall–Kier alpha value is -6.10. The molecule has 5 unspecified atom stereocenters. The number of carbonyl (C=O) groups excluding carboxylic acids is 4. The van der Waals surface area contributed by atoms with Gasteiger partial charge in [-0.3, -0.25) is 37.3 Å². The number of aliphatic hydroxyl groups is 1. The molecule has 5 atom stereocenters. The van der Waals surface area contributed by atoms with Crippen molar-refractivity contribution in [1.82, 2.24) is 0 Å². The summed E-state index contributed by atoms with van der Waals surface area (Å²) in [6.07, 6.45) is 97.3. The number of esters is 4. The van der Waals surface area contributed by atoms with E-state index >= 15 is 0 Å². The predicted octanol–water partition coefficient (Wildman–Crippen LogP) is 24.1. The van der Waals surface area contributed by atoms with Gasteiger partial charge in [0.1, 0.15) is 19.3 Å². The average molecular weight is 1550 g/mol. The van der Waals surface area contributed by atoms with Crippen LogP contribution in [0.15, 0.2) is 194 Å². The lowest BCUT2D eigenvalue weighted by Crippen LogP contribution is -2.30. The van der Waals surface area contributed by atoms with Crippen LogP contribution >= 0.6 is 15.6 Å². The lowest BCUT2D eigenvalue weighted by Gasteiger charge is -2.21. The van der Waals surface area contributed by atoms with E-state index in [4.69, 9.17) is 37.0 Å². The van der Waals surface area contributed by atoms with Gasteiger partial charge in [-0.25, -0.2) is 9.13 Å². The number of carbonyl (C=O) groups is 4. The summed E-state index contributed by atoms with van der Waals surface area (Å²) in [5.41, 5.74) is 0. The van der Waals surface area contributed by atoms with Crippen molar-refractivity contribution in [3.8, 4) is 0 Å². The van der Waals surface area contributed by atoms with Gasteiger partial charge >= 0.3 is 39.5 Å². The van der Waals surface area contributed by atoms with Crippen LogP contribution in [-0.4, -0.2) is 96.7 Å². The van der Waals surface area contributed by atoms with E-state index in [2.05, 4.69) is 186 Å². The summed E-state index contributed by atoms with van der Waals surface area (Å²) in [5, 5.41) is 10.7. The van der Waals surface area contributed by atoms with Crippen LogP contribution in [0.5, 0.6) is 0 Å². The molecule has 0 spiro atoms. The highest BCUT2D eigenvalue weighted by Crippen LogP contribution is 2.45. The first-order chi connectivity index (χ1) is 52.7. The first-order valence-electron chi connectivity index (χ1n) is 40.7. The van der Waals surface area contributed by atoms with Gasteiger partial charge in [-0.05, 0) is 161 Å². The van der Waals surface area contributed by atoms with Crippen LogP contribution in [-0.2, 0) is 65.4 Å². The van der Waals surface area contributed by atoms with Gasteiger partial charge < -0.3 is 33.8 Å². The zero-order chi connectivity index (χ0) is 78.9. The summed E-state index contributed by atoms with van der Waals surface area (Å²) in [7, 11) is -10.0. The third-order valence-corrected chi connectivity index (χ3v) is 18.0. The Morgan fingerprint density at radius 1 is 0.278 bits per heavy atom. The minimum absolute atomic E-state index is 0.00343. The number of phosphoric ester groups is 2. The molecule has 0 aliphatic carbocycles. The molecule has 0 saturated heterocycles. The summed E-state index contributed by atoms with van der Waals surface area (Å²) in [6, 6.07) is 0. The lowest BCUT2D eigenvalue weighted by molar-refractivity contribution is -0.161. The molecule has 108 heavy (non-hydrogen) atoms. The number of aliphatic hydroxyl groups excluding tert-OH is 1. The number of allylic oxidation sites excluding steroid dienone is 31. The zero-order valence-electron chi connectivity index (χ0n) is 66.7. The first kappa shape index (κ1) is 102. The number of unbranched alkanes of at least 4 members (excludes halogenated alkanes) is 17. The summed E-state index contributed by atoms with van der Waals surface area (Å²) < 4.78 is 68.5. The third kappa shape index (κ3) is 78.0. The Kier molecular flexibility index (Phi) is 74.5. The average Bonchev–Trinajstić information content (AvgIpc) is 0.900. The molecule has 3 N–H and O–H groups in total. The van der Waals surface area contributed by atoms with Gasteiger partial charge in [0.25, 0.3) is 0 Å². The normalized spacial score (nSPS) is 14.8. The summed E-state index contributed by atoms with van der Waals surface area (Å²) in [4.78, 5) is 73.0. The Balaban J connectivity index is 5.52. The molecule has 0 rings (SSSR count). The monoisotopic (exact) mass is 1540 g/mol. The number of ether oxygens (including phenoxy) is 4. The maximum Gasteiger partial charge on any atom is 0.472 e. The highest BCUT2D eigenvalue weighted by Gasteiger charge is 2.30. The first-order valence-corrected chi connectivity index (χ1v) is 43.7. The van der Waals surface area contributed by atoms with Crippen molar-refractivity contribution in [2.75, 3.05) is 39.6 Å². The largest absolute Gasteiger partial charge is 0.472 e. The van der Waals surface area contributed by atoms with Crippen LogP contribution in [0.25, 0.3) is 0 Å². The van der Waals surface area contributed by atoms with Crippen LogP contribution < -0.4 is 0 Å². The van der Waals surface area contributed by atoms with E-state index in [0.717, 1.165) is 180 Å². The minimum Gasteiger partial charge on any atom is -0.462 e. The Morgan fingerprint density at radius 2 is 0.528 bits per heavy atom. The van der Waals surface area contributed by atoms with E-state index < -0.39 is 97.5 Å². The molecular formula is C89H142O17P2. The van der Waals surface area contributed by atoms with Crippen molar-refractivity contribution >= 4 is 39.5 Å². The molecule has 0 heterocycles. The molecule has 0 fully saturated rings. The quantitative estimate of drug-likeness (QED) is 0.0169.